The third kappa shape index (κ3) is 6.04. The highest BCUT2D eigenvalue weighted by Crippen LogP contribution is 2.32. The van der Waals surface area contributed by atoms with E-state index in [2.05, 4.69) is 5.32 Å². The molecule has 2 saturated heterocycles. The summed E-state index contributed by atoms with van der Waals surface area (Å²) in [7, 11) is 0. The van der Waals surface area contributed by atoms with Crippen molar-refractivity contribution in [3.05, 3.63) is 35.9 Å². The predicted molar refractivity (Wildman–Crippen MR) is 114 cm³/mol. The van der Waals surface area contributed by atoms with Crippen LogP contribution in [0, 0.1) is 5.92 Å². The number of carbonyl (C=O) groups excluding carboxylic acids is 1. The van der Waals surface area contributed by atoms with Gasteiger partial charge in [0.25, 0.3) is 0 Å². The number of ether oxygens (including phenoxy) is 1. The van der Waals surface area contributed by atoms with Crippen molar-refractivity contribution in [1.82, 2.24) is 10.2 Å². The van der Waals surface area contributed by atoms with Gasteiger partial charge in [-0.1, -0.05) is 30.3 Å². The maximum absolute atomic E-state index is 13.1. The van der Waals surface area contributed by atoms with Crippen molar-refractivity contribution in [2.45, 2.75) is 69.7 Å². The van der Waals surface area contributed by atoms with Crippen LogP contribution in [0.5, 0.6) is 0 Å². The van der Waals surface area contributed by atoms with Crippen molar-refractivity contribution >= 4 is 17.8 Å². The van der Waals surface area contributed by atoms with E-state index in [0.717, 1.165) is 24.8 Å². The predicted octanol–water partition coefficient (Wildman–Crippen LogP) is 1.92. The van der Waals surface area contributed by atoms with Gasteiger partial charge in [-0.25, -0.2) is 4.79 Å². The molecule has 3 unspecified atom stereocenters. The first kappa shape index (κ1) is 23.2. The van der Waals surface area contributed by atoms with Crippen LogP contribution in [0.1, 0.15) is 44.6 Å². The number of aryl methyl sites for hydroxylation is 1. The van der Waals surface area contributed by atoms with E-state index in [4.69, 9.17) is 4.74 Å². The summed E-state index contributed by atoms with van der Waals surface area (Å²) in [6.07, 6.45) is 4.18. The third-order valence-electron chi connectivity index (χ3n) is 6.33. The molecule has 0 aromatic heterocycles. The van der Waals surface area contributed by atoms with Crippen molar-refractivity contribution < 1.29 is 29.3 Å². The minimum atomic E-state index is -1.03. The second kappa shape index (κ2) is 10.7. The number of benzene rings is 1. The van der Waals surface area contributed by atoms with E-state index < -0.39 is 30.1 Å². The molecule has 0 radical (unpaired) electrons. The van der Waals surface area contributed by atoms with E-state index in [1.807, 2.05) is 30.3 Å². The van der Waals surface area contributed by atoms with Gasteiger partial charge in [0.05, 0.1) is 12.1 Å². The molecule has 0 saturated carbocycles. The Morgan fingerprint density at radius 3 is 2.55 bits per heavy atom. The first-order valence-electron chi connectivity index (χ1n) is 11.0. The van der Waals surface area contributed by atoms with Gasteiger partial charge in [0, 0.05) is 19.1 Å². The normalized spacial score (nSPS) is 25.7. The fraction of sp³-hybridized carbons (Fsp3) is 0.609. The monoisotopic (exact) mass is 432 g/mol. The summed E-state index contributed by atoms with van der Waals surface area (Å²) in [6.45, 7) is 2.60. The van der Waals surface area contributed by atoms with Gasteiger partial charge in [-0.15, -0.1) is 0 Å². The third-order valence-corrected chi connectivity index (χ3v) is 6.33. The SMILES string of the molecule is C[C@H](NC(CCc1ccccc1)C(=O)O)C(=O)N1CC(C2CCCCO2)C[C@H]1C(=O)O. The molecule has 0 aliphatic carbocycles. The lowest BCUT2D eigenvalue weighted by atomic mass is 9.93. The number of amides is 1. The zero-order chi connectivity index (χ0) is 22.4. The Morgan fingerprint density at radius 2 is 1.94 bits per heavy atom. The molecule has 31 heavy (non-hydrogen) atoms. The van der Waals surface area contributed by atoms with E-state index in [-0.39, 0.29) is 17.9 Å². The Hall–Kier alpha value is -2.45. The lowest BCUT2D eigenvalue weighted by Gasteiger charge is -2.29. The second-order valence-electron chi connectivity index (χ2n) is 8.55. The van der Waals surface area contributed by atoms with Crippen LogP contribution in [-0.4, -0.2) is 70.3 Å². The molecule has 3 rings (SSSR count). The van der Waals surface area contributed by atoms with Crippen molar-refractivity contribution in [2.24, 2.45) is 5.92 Å². The summed E-state index contributed by atoms with van der Waals surface area (Å²) < 4.78 is 5.82. The van der Waals surface area contributed by atoms with Crippen molar-refractivity contribution in [3.63, 3.8) is 0 Å². The van der Waals surface area contributed by atoms with E-state index in [0.29, 0.717) is 32.4 Å². The van der Waals surface area contributed by atoms with E-state index in [9.17, 15) is 24.6 Å². The molecule has 2 heterocycles. The molecule has 170 valence electrons. The van der Waals surface area contributed by atoms with E-state index in [1.165, 1.54) is 4.90 Å². The van der Waals surface area contributed by atoms with Crippen LogP contribution in [-0.2, 0) is 25.5 Å². The number of rotatable bonds is 9. The Labute approximate surface area is 182 Å². The van der Waals surface area contributed by atoms with Gasteiger partial charge in [-0.3, -0.25) is 14.9 Å². The Bertz CT molecular complexity index is 765. The molecule has 1 aromatic carbocycles. The van der Waals surface area contributed by atoms with Gasteiger partial charge in [-0.2, -0.15) is 0 Å². The minimum Gasteiger partial charge on any atom is -0.480 e. The van der Waals surface area contributed by atoms with Gasteiger partial charge in [0.1, 0.15) is 12.1 Å². The molecule has 2 aliphatic rings. The van der Waals surface area contributed by atoms with Crippen molar-refractivity contribution in [2.75, 3.05) is 13.2 Å². The molecule has 0 spiro atoms. The van der Waals surface area contributed by atoms with Crippen LogP contribution in [0.25, 0.3) is 0 Å². The quantitative estimate of drug-likeness (QED) is 0.546. The highest BCUT2D eigenvalue weighted by atomic mass is 16.5. The number of nitrogens with zero attached hydrogens (tertiary/aromatic N) is 1. The van der Waals surface area contributed by atoms with Gasteiger partial charge in [0.15, 0.2) is 0 Å². The van der Waals surface area contributed by atoms with Crippen LogP contribution in [0.4, 0.5) is 0 Å². The summed E-state index contributed by atoms with van der Waals surface area (Å²) in [5.41, 5.74) is 1.02. The van der Waals surface area contributed by atoms with Crippen LogP contribution in [0.2, 0.25) is 0 Å². The highest BCUT2D eigenvalue weighted by molar-refractivity contribution is 5.88. The maximum Gasteiger partial charge on any atom is 0.326 e. The number of carboxylic acid groups (broad SMARTS) is 2. The topological polar surface area (TPSA) is 116 Å². The fourth-order valence-corrected chi connectivity index (χ4v) is 4.61. The van der Waals surface area contributed by atoms with Gasteiger partial charge in [0.2, 0.25) is 5.91 Å². The number of hydrogen-bond donors (Lipinski definition) is 3. The van der Waals surface area contributed by atoms with E-state index in [1.54, 1.807) is 6.92 Å². The lowest BCUT2D eigenvalue weighted by Crippen LogP contribution is -2.53. The number of carboxylic acids is 2. The molecule has 1 amide bonds. The molecular formula is C23H32N2O6. The summed E-state index contributed by atoms with van der Waals surface area (Å²) in [6, 6.07) is 6.96. The number of hydrogen-bond acceptors (Lipinski definition) is 5. The molecule has 2 fully saturated rings. The number of likely N-dealkylation sites (tertiary alicyclic amines) is 1. The molecule has 5 atom stereocenters. The largest absolute Gasteiger partial charge is 0.480 e. The number of carbonyl (C=O) groups is 3. The number of aliphatic carboxylic acids is 2. The van der Waals surface area contributed by atoms with Crippen molar-refractivity contribution in [3.8, 4) is 0 Å². The van der Waals surface area contributed by atoms with Gasteiger partial charge >= 0.3 is 11.9 Å². The summed E-state index contributed by atoms with van der Waals surface area (Å²) in [4.78, 5) is 38.0. The molecule has 8 nitrogen and oxygen atoms in total. The minimum absolute atomic E-state index is 0.00842. The molecule has 8 heteroatoms. The molecule has 3 N–H and O–H groups in total. The van der Waals surface area contributed by atoms with Crippen LogP contribution < -0.4 is 5.32 Å². The standard InChI is InChI=1S/C23H32N2O6/c1-15(24-18(22(27)28)11-10-16-7-3-2-4-8-16)21(26)25-14-17(13-19(25)23(29)30)20-9-5-6-12-31-20/h2-4,7-8,15,17-20,24H,5-6,9-14H2,1H3,(H,27,28)(H,29,30)/t15-,17?,18?,19-,20?/m0/s1. The zero-order valence-electron chi connectivity index (χ0n) is 17.9. The summed E-state index contributed by atoms with van der Waals surface area (Å²) in [5, 5.41) is 22.2. The second-order valence-corrected chi connectivity index (χ2v) is 8.55. The summed E-state index contributed by atoms with van der Waals surface area (Å²) >= 11 is 0. The smallest absolute Gasteiger partial charge is 0.326 e. The summed E-state index contributed by atoms with van der Waals surface area (Å²) in [5.74, 6) is -2.44. The van der Waals surface area contributed by atoms with Gasteiger partial charge < -0.3 is 19.8 Å². The molecule has 0 bridgehead atoms. The molecule has 1 aromatic rings. The van der Waals surface area contributed by atoms with Crippen LogP contribution in [0.15, 0.2) is 30.3 Å². The van der Waals surface area contributed by atoms with Gasteiger partial charge in [-0.05, 0) is 51.0 Å². The van der Waals surface area contributed by atoms with Crippen LogP contribution >= 0.6 is 0 Å². The first-order chi connectivity index (χ1) is 14.9. The highest BCUT2D eigenvalue weighted by Gasteiger charge is 2.44. The lowest BCUT2D eigenvalue weighted by molar-refractivity contribution is -0.149. The molecular weight excluding hydrogens is 400 g/mol. The van der Waals surface area contributed by atoms with Crippen LogP contribution in [0.3, 0.4) is 0 Å². The Kier molecular flexibility index (Phi) is 8.03. The molecule has 2 aliphatic heterocycles. The average molecular weight is 433 g/mol. The fourth-order valence-electron chi connectivity index (χ4n) is 4.61. The zero-order valence-corrected chi connectivity index (χ0v) is 17.9. The first-order valence-corrected chi connectivity index (χ1v) is 11.0. The van der Waals surface area contributed by atoms with Crippen molar-refractivity contribution in [1.29, 1.82) is 0 Å². The Balaban J connectivity index is 1.61. The maximum atomic E-state index is 13.1. The number of nitrogens with one attached hydrogen (secondary N) is 1. The average Bonchev–Trinajstić information content (AvgIpc) is 3.23. The van der Waals surface area contributed by atoms with E-state index >= 15 is 0 Å². The Morgan fingerprint density at radius 1 is 1.19 bits per heavy atom.